The minimum absolute atomic E-state index is 0.224. The molecule has 0 spiro atoms. The lowest BCUT2D eigenvalue weighted by Gasteiger charge is -2.39. The molecule has 1 N–H and O–H groups in total. The van der Waals surface area contributed by atoms with Crippen molar-refractivity contribution in [1.82, 2.24) is 4.90 Å². The molecule has 1 saturated carbocycles. The summed E-state index contributed by atoms with van der Waals surface area (Å²) in [7, 11) is 0. The second-order valence-electron chi connectivity index (χ2n) is 7.78. The van der Waals surface area contributed by atoms with Crippen LogP contribution in [0, 0.1) is 16.6 Å². The standard InChI is InChI=1S/C17H23FN2S/c1-16(2)8-14-9-17(3,10-16)11-20(14)15(21)19-13-6-4-12(18)5-7-13/h4-7,14H,8-11H2,1-3H3,(H,19,21)/t14-,17-/m0/s1. The second kappa shape index (κ2) is 4.94. The molecule has 2 nitrogen and oxygen atoms in total. The van der Waals surface area contributed by atoms with E-state index in [1.165, 1.54) is 31.4 Å². The number of thiocarbonyl (C=S) groups is 1. The van der Waals surface area contributed by atoms with E-state index in [-0.39, 0.29) is 5.82 Å². The van der Waals surface area contributed by atoms with Crippen LogP contribution in [0.4, 0.5) is 10.1 Å². The lowest BCUT2D eigenvalue weighted by Crippen LogP contribution is -2.39. The van der Waals surface area contributed by atoms with Gasteiger partial charge in [-0.1, -0.05) is 20.8 Å². The molecule has 0 unspecified atom stereocenters. The molecule has 0 aromatic heterocycles. The Balaban J connectivity index is 1.73. The van der Waals surface area contributed by atoms with Crippen LogP contribution in [0.2, 0.25) is 0 Å². The largest absolute Gasteiger partial charge is 0.345 e. The van der Waals surface area contributed by atoms with Crippen molar-refractivity contribution in [3.63, 3.8) is 0 Å². The lowest BCUT2D eigenvalue weighted by atomic mass is 9.65. The van der Waals surface area contributed by atoms with E-state index in [1.54, 1.807) is 12.1 Å². The lowest BCUT2D eigenvalue weighted by molar-refractivity contribution is 0.132. The van der Waals surface area contributed by atoms with E-state index in [4.69, 9.17) is 12.2 Å². The van der Waals surface area contributed by atoms with Crippen LogP contribution in [0.3, 0.4) is 0 Å². The maximum atomic E-state index is 13.0. The van der Waals surface area contributed by atoms with Gasteiger partial charge in [0.2, 0.25) is 0 Å². The first-order chi connectivity index (χ1) is 9.76. The van der Waals surface area contributed by atoms with Gasteiger partial charge in [-0.15, -0.1) is 0 Å². The van der Waals surface area contributed by atoms with Crippen LogP contribution in [0.1, 0.15) is 40.0 Å². The highest BCUT2D eigenvalue weighted by Crippen LogP contribution is 2.52. The normalized spacial score (nSPS) is 30.3. The molecule has 2 atom stereocenters. The smallest absolute Gasteiger partial charge is 0.173 e. The molecule has 1 saturated heterocycles. The van der Waals surface area contributed by atoms with E-state index in [1.807, 2.05) is 0 Å². The minimum Gasteiger partial charge on any atom is -0.345 e. The zero-order valence-corrected chi connectivity index (χ0v) is 13.8. The molecule has 114 valence electrons. The Morgan fingerprint density at radius 1 is 1.24 bits per heavy atom. The molecule has 1 aromatic carbocycles. The van der Waals surface area contributed by atoms with Gasteiger partial charge in [0.05, 0.1) is 0 Å². The van der Waals surface area contributed by atoms with Crippen molar-refractivity contribution >= 4 is 23.0 Å². The molecule has 0 amide bonds. The van der Waals surface area contributed by atoms with Crippen molar-refractivity contribution in [2.45, 2.75) is 46.1 Å². The molecule has 1 heterocycles. The fraction of sp³-hybridized carbons (Fsp3) is 0.588. The Morgan fingerprint density at radius 2 is 1.90 bits per heavy atom. The second-order valence-corrected chi connectivity index (χ2v) is 8.17. The average molecular weight is 306 g/mol. The Bertz CT molecular complexity index is 554. The van der Waals surface area contributed by atoms with Crippen molar-refractivity contribution in [2.24, 2.45) is 10.8 Å². The van der Waals surface area contributed by atoms with E-state index in [0.29, 0.717) is 16.9 Å². The van der Waals surface area contributed by atoms with Gasteiger partial charge in [-0.2, -0.15) is 0 Å². The van der Waals surface area contributed by atoms with Gasteiger partial charge in [0.25, 0.3) is 0 Å². The zero-order valence-electron chi connectivity index (χ0n) is 12.9. The van der Waals surface area contributed by atoms with E-state index in [2.05, 4.69) is 31.0 Å². The number of hydrogen-bond acceptors (Lipinski definition) is 1. The number of benzene rings is 1. The summed E-state index contributed by atoms with van der Waals surface area (Å²) in [5.41, 5.74) is 1.60. The molecule has 21 heavy (non-hydrogen) atoms. The summed E-state index contributed by atoms with van der Waals surface area (Å²) in [6, 6.07) is 6.90. The van der Waals surface area contributed by atoms with E-state index in [9.17, 15) is 4.39 Å². The van der Waals surface area contributed by atoms with Crippen molar-refractivity contribution in [1.29, 1.82) is 0 Å². The fourth-order valence-corrected chi connectivity index (χ4v) is 4.76. The van der Waals surface area contributed by atoms with Crippen LogP contribution in [0.15, 0.2) is 24.3 Å². The predicted octanol–water partition coefficient (Wildman–Crippen LogP) is 4.42. The maximum Gasteiger partial charge on any atom is 0.173 e. The number of hydrogen-bond donors (Lipinski definition) is 1. The number of halogens is 1. The molecule has 2 aliphatic rings. The molecule has 0 radical (unpaired) electrons. The quantitative estimate of drug-likeness (QED) is 0.773. The van der Waals surface area contributed by atoms with Gasteiger partial charge in [-0.05, 0) is 66.6 Å². The van der Waals surface area contributed by atoms with Gasteiger partial charge in [-0.3, -0.25) is 0 Å². The SMILES string of the molecule is CC1(C)C[C@H]2C[C@](C)(CN2C(=S)Nc2ccc(F)cc2)C1. The van der Waals surface area contributed by atoms with Gasteiger partial charge in [0, 0.05) is 18.3 Å². The predicted molar refractivity (Wildman–Crippen MR) is 88.9 cm³/mol. The molecule has 3 rings (SSSR count). The molecule has 1 aromatic rings. The van der Waals surface area contributed by atoms with Gasteiger partial charge in [-0.25, -0.2) is 4.39 Å². The highest BCUT2D eigenvalue weighted by atomic mass is 32.1. The van der Waals surface area contributed by atoms with Crippen LogP contribution < -0.4 is 5.32 Å². The average Bonchev–Trinajstić information content (AvgIpc) is 2.61. The summed E-state index contributed by atoms with van der Waals surface area (Å²) < 4.78 is 13.0. The van der Waals surface area contributed by atoms with Crippen molar-refractivity contribution in [3.8, 4) is 0 Å². The van der Waals surface area contributed by atoms with Gasteiger partial charge in [0.1, 0.15) is 5.82 Å². The topological polar surface area (TPSA) is 15.3 Å². The highest BCUT2D eigenvalue weighted by Gasteiger charge is 2.50. The van der Waals surface area contributed by atoms with Gasteiger partial charge in [0.15, 0.2) is 5.11 Å². The van der Waals surface area contributed by atoms with Gasteiger partial charge < -0.3 is 10.2 Å². The minimum atomic E-state index is -0.224. The Labute approximate surface area is 131 Å². The molecular weight excluding hydrogens is 283 g/mol. The number of nitrogens with zero attached hydrogens (tertiary/aromatic N) is 1. The summed E-state index contributed by atoms with van der Waals surface area (Å²) in [5.74, 6) is -0.224. The molecular formula is C17H23FN2S. The van der Waals surface area contributed by atoms with Crippen LogP contribution in [-0.2, 0) is 0 Å². The maximum absolute atomic E-state index is 13.0. The van der Waals surface area contributed by atoms with Crippen molar-refractivity contribution < 1.29 is 4.39 Å². The summed E-state index contributed by atoms with van der Waals surface area (Å²) >= 11 is 5.60. The van der Waals surface area contributed by atoms with Crippen LogP contribution >= 0.6 is 12.2 Å². The van der Waals surface area contributed by atoms with E-state index < -0.39 is 0 Å². The summed E-state index contributed by atoms with van der Waals surface area (Å²) in [4.78, 5) is 2.34. The Kier molecular flexibility index (Phi) is 3.47. The Morgan fingerprint density at radius 3 is 2.57 bits per heavy atom. The van der Waals surface area contributed by atoms with Crippen LogP contribution in [0.5, 0.6) is 0 Å². The number of rotatable bonds is 1. The third kappa shape index (κ3) is 3.05. The molecule has 4 heteroatoms. The third-order valence-corrected chi connectivity index (χ3v) is 5.11. The number of anilines is 1. The molecule has 2 fully saturated rings. The zero-order chi connectivity index (χ0) is 15.3. The monoisotopic (exact) mass is 306 g/mol. The van der Waals surface area contributed by atoms with Gasteiger partial charge >= 0.3 is 0 Å². The summed E-state index contributed by atoms with van der Waals surface area (Å²) in [6.45, 7) is 8.12. The molecule has 2 bridgehead atoms. The van der Waals surface area contributed by atoms with Crippen LogP contribution in [-0.4, -0.2) is 22.6 Å². The van der Waals surface area contributed by atoms with Crippen molar-refractivity contribution in [2.75, 3.05) is 11.9 Å². The van der Waals surface area contributed by atoms with Crippen molar-refractivity contribution in [3.05, 3.63) is 30.1 Å². The highest BCUT2D eigenvalue weighted by molar-refractivity contribution is 7.80. The molecule has 1 aliphatic carbocycles. The van der Waals surface area contributed by atoms with E-state index in [0.717, 1.165) is 17.3 Å². The first-order valence-electron chi connectivity index (χ1n) is 7.60. The fourth-order valence-electron chi connectivity index (χ4n) is 4.43. The number of fused-ring (bicyclic) bond motifs is 2. The molecule has 1 aliphatic heterocycles. The Hall–Kier alpha value is -1.16. The third-order valence-electron chi connectivity index (χ3n) is 4.77. The van der Waals surface area contributed by atoms with E-state index >= 15 is 0 Å². The van der Waals surface area contributed by atoms with Crippen LogP contribution in [0.25, 0.3) is 0 Å². The number of nitrogens with one attached hydrogen (secondary N) is 1. The summed E-state index contributed by atoms with van der Waals surface area (Å²) in [6.07, 6.45) is 3.67. The number of likely N-dealkylation sites (tertiary alicyclic amines) is 1. The first-order valence-corrected chi connectivity index (χ1v) is 8.01. The summed E-state index contributed by atoms with van der Waals surface area (Å²) in [5, 5.41) is 4.03. The first kappa shape index (κ1) is 14.8.